The van der Waals surface area contributed by atoms with Crippen molar-refractivity contribution in [3.63, 3.8) is 0 Å². The Labute approximate surface area is 63.4 Å². The predicted octanol–water partition coefficient (Wildman–Crippen LogP) is 1.02. The second kappa shape index (κ2) is 3.58. The molecule has 0 amide bonds. The van der Waals surface area contributed by atoms with Gasteiger partial charge in [0, 0.05) is 0 Å². The van der Waals surface area contributed by atoms with Crippen LogP contribution in [-0.2, 0) is 4.79 Å². The second-order valence-corrected chi connectivity index (χ2v) is 1.85. The summed E-state index contributed by atoms with van der Waals surface area (Å²) in [6, 6.07) is 6.29. The van der Waals surface area contributed by atoms with E-state index in [1.54, 1.807) is 24.3 Å². The van der Waals surface area contributed by atoms with Crippen molar-refractivity contribution >= 4 is 12.2 Å². The lowest BCUT2D eigenvalue weighted by Gasteiger charge is -1.99. The van der Waals surface area contributed by atoms with E-state index >= 15 is 0 Å². The molecule has 1 rings (SSSR count). The van der Waals surface area contributed by atoms with Crippen LogP contribution in [0.1, 0.15) is 0 Å². The SMILES string of the molecule is O=COc1ccc(NO)cc1. The summed E-state index contributed by atoms with van der Waals surface area (Å²) in [7, 11) is 0. The van der Waals surface area contributed by atoms with Gasteiger partial charge >= 0.3 is 0 Å². The van der Waals surface area contributed by atoms with Gasteiger partial charge in [-0.15, -0.1) is 0 Å². The first-order valence-corrected chi connectivity index (χ1v) is 2.97. The molecule has 1 aromatic carbocycles. The van der Waals surface area contributed by atoms with E-state index < -0.39 is 0 Å². The minimum Gasteiger partial charge on any atom is -0.429 e. The lowest BCUT2D eigenvalue weighted by atomic mass is 10.3. The number of hydrogen-bond acceptors (Lipinski definition) is 4. The highest BCUT2D eigenvalue weighted by atomic mass is 16.5. The number of ether oxygens (including phenoxy) is 1. The Morgan fingerprint density at radius 1 is 1.36 bits per heavy atom. The van der Waals surface area contributed by atoms with Crippen molar-refractivity contribution in [2.45, 2.75) is 0 Å². The second-order valence-electron chi connectivity index (χ2n) is 1.85. The zero-order valence-corrected chi connectivity index (χ0v) is 5.65. The van der Waals surface area contributed by atoms with Gasteiger partial charge in [-0.2, -0.15) is 0 Å². The molecule has 4 nitrogen and oxygen atoms in total. The van der Waals surface area contributed by atoms with Gasteiger partial charge in [0.2, 0.25) is 0 Å². The Kier molecular flexibility index (Phi) is 2.46. The van der Waals surface area contributed by atoms with E-state index in [2.05, 4.69) is 4.74 Å². The van der Waals surface area contributed by atoms with E-state index in [9.17, 15) is 4.79 Å². The number of hydrogen-bond donors (Lipinski definition) is 2. The maximum Gasteiger partial charge on any atom is 0.298 e. The maximum atomic E-state index is 9.84. The zero-order valence-electron chi connectivity index (χ0n) is 5.65. The molecular weight excluding hydrogens is 146 g/mol. The third-order valence-corrected chi connectivity index (χ3v) is 1.17. The Morgan fingerprint density at radius 2 is 2.00 bits per heavy atom. The molecule has 0 unspecified atom stereocenters. The van der Waals surface area contributed by atoms with Crippen molar-refractivity contribution in [2.24, 2.45) is 0 Å². The highest BCUT2D eigenvalue weighted by Crippen LogP contribution is 2.13. The standard InChI is InChI=1S/C7H7NO3/c9-5-11-7-3-1-6(8-10)2-4-7/h1-5,8,10H. The molecule has 0 spiro atoms. The fourth-order valence-electron chi connectivity index (χ4n) is 0.664. The van der Waals surface area contributed by atoms with Crippen molar-refractivity contribution in [1.29, 1.82) is 0 Å². The average Bonchev–Trinajstić information content (AvgIpc) is 2.07. The predicted molar refractivity (Wildman–Crippen MR) is 38.5 cm³/mol. The van der Waals surface area contributed by atoms with Crippen LogP contribution < -0.4 is 10.2 Å². The first-order valence-electron chi connectivity index (χ1n) is 2.97. The van der Waals surface area contributed by atoms with Crippen LogP contribution in [0.25, 0.3) is 0 Å². The van der Waals surface area contributed by atoms with Gasteiger partial charge in [0.05, 0.1) is 5.69 Å². The highest BCUT2D eigenvalue weighted by Gasteiger charge is 1.91. The van der Waals surface area contributed by atoms with Crippen LogP contribution >= 0.6 is 0 Å². The molecule has 11 heavy (non-hydrogen) atoms. The number of benzene rings is 1. The number of carbonyl (C=O) groups excluding carboxylic acids is 1. The third-order valence-electron chi connectivity index (χ3n) is 1.17. The van der Waals surface area contributed by atoms with Crippen LogP contribution in [0.3, 0.4) is 0 Å². The van der Waals surface area contributed by atoms with Crippen LogP contribution in [0.4, 0.5) is 5.69 Å². The average molecular weight is 153 g/mol. The van der Waals surface area contributed by atoms with Crippen LogP contribution in [0, 0.1) is 0 Å². The lowest BCUT2D eigenvalue weighted by molar-refractivity contribution is -0.120. The number of nitrogens with one attached hydrogen (secondary N) is 1. The Morgan fingerprint density at radius 3 is 2.45 bits per heavy atom. The quantitative estimate of drug-likeness (QED) is 0.502. The molecule has 1 aromatic rings. The van der Waals surface area contributed by atoms with Crippen LogP contribution in [0.15, 0.2) is 24.3 Å². The Bertz CT molecular complexity index is 232. The molecule has 0 radical (unpaired) electrons. The Hall–Kier alpha value is -1.55. The summed E-state index contributed by atoms with van der Waals surface area (Å²) in [6.07, 6.45) is 0. The summed E-state index contributed by atoms with van der Waals surface area (Å²) in [5.41, 5.74) is 2.50. The topological polar surface area (TPSA) is 58.6 Å². The van der Waals surface area contributed by atoms with Gasteiger partial charge in [-0.3, -0.25) is 15.5 Å². The summed E-state index contributed by atoms with van der Waals surface area (Å²) in [5, 5.41) is 8.40. The summed E-state index contributed by atoms with van der Waals surface area (Å²) in [6.45, 7) is 0.349. The van der Waals surface area contributed by atoms with Gasteiger partial charge < -0.3 is 4.74 Å². The van der Waals surface area contributed by atoms with Crippen molar-refractivity contribution in [1.82, 2.24) is 0 Å². The highest BCUT2D eigenvalue weighted by molar-refractivity contribution is 5.49. The number of carbonyl (C=O) groups is 1. The van der Waals surface area contributed by atoms with E-state index in [1.165, 1.54) is 0 Å². The molecule has 0 aliphatic carbocycles. The minimum absolute atomic E-state index is 0.349. The van der Waals surface area contributed by atoms with E-state index in [4.69, 9.17) is 5.21 Å². The molecule has 0 aromatic heterocycles. The minimum atomic E-state index is 0.349. The molecular formula is C7H7NO3. The van der Waals surface area contributed by atoms with Crippen molar-refractivity contribution in [3.8, 4) is 5.75 Å². The zero-order chi connectivity index (χ0) is 8.10. The van der Waals surface area contributed by atoms with E-state index in [0.717, 1.165) is 0 Å². The summed E-state index contributed by atoms with van der Waals surface area (Å²) >= 11 is 0. The molecule has 0 heterocycles. The van der Waals surface area contributed by atoms with Crippen LogP contribution in [0.5, 0.6) is 5.75 Å². The van der Waals surface area contributed by atoms with Crippen molar-refractivity contribution < 1.29 is 14.7 Å². The molecule has 0 atom stereocenters. The Balaban J connectivity index is 2.74. The monoisotopic (exact) mass is 153 g/mol. The largest absolute Gasteiger partial charge is 0.429 e. The van der Waals surface area contributed by atoms with Gasteiger partial charge in [0.25, 0.3) is 6.47 Å². The normalized spacial score (nSPS) is 8.82. The van der Waals surface area contributed by atoms with Crippen molar-refractivity contribution in [3.05, 3.63) is 24.3 Å². The number of anilines is 1. The van der Waals surface area contributed by atoms with Gasteiger partial charge in [0.1, 0.15) is 5.75 Å². The van der Waals surface area contributed by atoms with Crippen molar-refractivity contribution in [2.75, 3.05) is 5.48 Å². The fourth-order valence-corrected chi connectivity index (χ4v) is 0.664. The van der Waals surface area contributed by atoms with E-state index in [-0.39, 0.29) is 0 Å². The lowest BCUT2D eigenvalue weighted by Crippen LogP contribution is -1.90. The van der Waals surface area contributed by atoms with Gasteiger partial charge in [-0.1, -0.05) is 0 Å². The fraction of sp³-hybridized carbons (Fsp3) is 0. The van der Waals surface area contributed by atoms with Gasteiger partial charge in [0.15, 0.2) is 0 Å². The third kappa shape index (κ3) is 1.94. The summed E-state index contributed by atoms with van der Waals surface area (Å²) < 4.78 is 4.52. The first kappa shape index (κ1) is 7.56. The van der Waals surface area contributed by atoms with Gasteiger partial charge in [-0.25, -0.2) is 0 Å². The van der Waals surface area contributed by atoms with Crippen LogP contribution in [-0.4, -0.2) is 11.7 Å². The molecule has 0 saturated heterocycles. The molecule has 4 heteroatoms. The summed E-state index contributed by atoms with van der Waals surface area (Å²) in [4.78, 5) is 9.84. The number of rotatable bonds is 3. The molecule has 2 N–H and O–H groups in total. The molecule has 0 bridgehead atoms. The molecule has 0 aliphatic rings. The van der Waals surface area contributed by atoms with E-state index in [1.807, 2.05) is 5.48 Å². The van der Waals surface area contributed by atoms with E-state index in [0.29, 0.717) is 17.9 Å². The van der Waals surface area contributed by atoms with Crippen LogP contribution in [0.2, 0.25) is 0 Å². The first-order chi connectivity index (χ1) is 5.36. The maximum absolute atomic E-state index is 9.84. The molecule has 0 saturated carbocycles. The molecule has 0 fully saturated rings. The smallest absolute Gasteiger partial charge is 0.298 e. The molecule has 58 valence electrons. The van der Waals surface area contributed by atoms with Gasteiger partial charge in [-0.05, 0) is 24.3 Å². The summed E-state index contributed by atoms with van der Waals surface area (Å²) in [5.74, 6) is 0.444. The molecule has 0 aliphatic heterocycles.